The molecule has 2 aromatic rings. The van der Waals surface area contributed by atoms with Gasteiger partial charge in [-0.1, -0.05) is 31.5 Å². The molecule has 136 valence electrons. The van der Waals surface area contributed by atoms with Crippen LogP contribution in [0.2, 0.25) is 0 Å². The predicted molar refractivity (Wildman–Crippen MR) is 99.0 cm³/mol. The number of aliphatic hydroxyl groups is 1. The van der Waals surface area contributed by atoms with Crippen LogP contribution in [-0.4, -0.2) is 25.5 Å². The van der Waals surface area contributed by atoms with Crippen LogP contribution in [-0.2, 0) is 0 Å². The molecule has 1 N–H and O–H groups in total. The van der Waals surface area contributed by atoms with Crippen molar-refractivity contribution in [3.63, 3.8) is 0 Å². The molecule has 2 radical (unpaired) electrons. The first kappa shape index (κ1) is 20.0. The third kappa shape index (κ3) is 4.25. The van der Waals surface area contributed by atoms with Crippen molar-refractivity contribution in [1.29, 1.82) is 0 Å². The number of benzene rings is 2. The molecule has 1 unspecified atom stereocenters. The predicted octanol–water partition coefficient (Wildman–Crippen LogP) is 3.38. The van der Waals surface area contributed by atoms with Gasteiger partial charge in [-0.25, -0.2) is 9.18 Å². The minimum Gasteiger partial charge on any atom is -0.493 e. The van der Waals surface area contributed by atoms with Gasteiger partial charge < -0.3 is 14.6 Å². The van der Waals surface area contributed by atoms with E-state index in [1.165, 1.54) is 13.8 Å². The van der Waals surface area contributed by atoms with Gasteiger partial charge in [-0.2, -0.15) is 0 Å². The summed E-state index contributed by atoms with van der Waals surface area (Å²) in [5.41, 5.74) is -0.198. The lowest BCUT2D eigenvalue weighted by Gasteiger charge is -2.21. The number of hydrogen-bond donors (Lipinski definition) is 1. The van der Waals surface area contributed by atoms with Crippen molar-refractivity contribution in [2.75, 3.05) is 6.61 Å². The SMILES string of the molecule is [B]c1c(OCCCC)c(C(=O)Oc2ccccc2)c(C)c(F)c1C(C)O. The number of unbranched alkanes of at least 4 members (excludes halogenated alkanes) is 1. The minimum absolute atomic E-state index is 0.0301. The summed E-state index contributed by atoms with van der Waals surface area (Å²) in [4.78, 5) is 12.7. The summed E-state index contributed by atoms with van der Waals surface area (Å²) >= 11 is 0. The number of carbonyl (C=O) groups excluding carboxylic acids is 1. The molecule has 2 rings (SSSR count). The Labute approximate surface area is 154 Å². The van der Waals surface area contributed by atoms with E-state index in [1.54, 1.807) is 30.3 Å². The van der Waals surface area contributed by atoms with E-state index < -0.39 is 17.9 Å². The molecule has 0 saturated carbocycles. The molecule has 1 atom stereocenters. The highest BCUT2D eigenvalue weighted by molar-refractivity contribution is 6.36. The van der Waals surface area contributed by atoms with Gasteiger partial charge in [0, 0.05) is 11.1 Å². The Morgan fingerprint density at radius 3 is 2.54 bits per heavy atom. The van der Waals surface area contributed by atoms with E-state index in [4.69, 9.17) is 17.3 Å². The van der Waals surface area contributed by atoms with Crippen LogP contribution in [0, 0.1) is 12.7 Å². The van der Waals surface area contributed by atoms with E-state index >= 15 is 0 Å². The van der Waals surface area contributed by atoms with Gasteiger partial charge >= 0.3 is 5.97 Å². The summed E-state index contributed by atoms with van der Waals surface area (Å²) < 4.78 is 25.8. The van der Waals surface area contributed by atoms with Crippen LogP contribution in [0.15, 0.2) is 30.3 Å². The Morgan fingerprint density at radius 2 is 1.96 bits per heavy atom. The molecule has 26 heavy (non-hydrogen) atoms. The zero-order valence-electron chi connectivity index (χ0n) is 15.2. The molecule has 0 saturated heterocycles. The van der Waals surface area contributed by atoms with Crippen molar-refractivity contribution in [2.45, 2.75) is 39.7 Å². The van der Waals surface area contributed by atoms with Crippen LogP contribution < -0.4 is 14.9 Å². The molecule has 0 spiro atoms. The monoisotopic (exact) mass is 356 g/mol. The van der Waals surface area contributed by atoms with Gasteiger partial charge in [0.25, 0.3) is 0 Å². The van der Waals surface area contributed by atoms with Gasteiger partial charge in [-0.15, -0.1) is 0 Å². The molecule has 6 heteroatoms. The average molecular weight is 356 g/mol. The van der Waals surface area contributed by atoms with E-state index in [0.717, 1.165) is 12.8 Å². The maximum Gasteiger partial charge on any atom is 0.347 e. The second-order valence-corrected chi connectivity index (χ2v) is 6.05. The maximum atomic E-state index is 14.7. The third-order valence-electron chi connectivity index (χ3n) is 4.02. The first-order chi connectivity index (χ1) is 12.4. The molecule has 0 fully saturated rings. The van der Waals surface area contributed by atoms with E-state index in [-0.39, 0.29) is 27.9 Å². The lowest BCUT2D eigenvalue weighted by molar-refractivity contribution is 0.0728. The highest BCUT2D eigenvalue weighted by Gasteiger charge is 2.27. The summed E-state index contributed by atoms with van der Waals surface area (Å²) in [7, 11) is 6.04. The molecular formula is C20H22BFO4. The second-order valence-electron chi connectivity index (χ2n) is 6.05. The first-order valence-electron chi connectivity index (χ1n) is 8.57. The Bertz CT molecular complexity index is 775. The smallest absolute Gasteiger partial charge is 0.347 e. The molecule has 0 amide bonds. The zero-order valence-corrected chi connectivity index (χ0v) is 15.2. The van der Waals surface area contributed by atoms with Crippen LogP contribution in [0.4, 0.5) is 4.39 Å². The summed E-state index contributed by atoms with van der Waals surface area (Å²) in [6.07, 6.45) is 0.488. The Kier molecular flexibility index (Phi) is 6.80. The van der Waals surface area contributed by atoms with Gasteiger partial charge in [0.15, 0.2) is 0 Å². The van der Waals surface area contributed by atoms with E-state index in [0.29, 0.717) is 12.4 Å². The fourth-order valence-electron chi connectivity index (χ4n) is 2.63. The topological polar surface area (TPSA) is 55.8 Å². The first-order valence-corrected chi connectivity index (χ1v) is 8.57. The van der Waals surface area contributed by atoms with Crippen LogP contribution in [0.5, 0.6) is 11.5 Å². The molecular weight excluding hydrogens is 334 g/mol. The van der Waals surface area contributed by atoms with Crippen LogP contribution >= 0.6 is 0 Å². The number of ether oxygens (including phenoxy) is 2. The Morgan fingerprint density at radius 1 is 1.31 bits per heavy atom. The van der Waals surface area contributed by atoms with Gasteiger partial charge in [0.2, 0.25) is 0 Å². The molecule has 0 aliphatic carbocycles. The Balaban J connectivity index is 2.52. The van der Waals surface area contributed by atoms with Gasteiger partial charge in [-0.05, 0) is 37.9 Å². The van der Waals surface area contributed by atoms with Gasteiger partial charge in [0.1, 0.15) is 30.7 Å². The zero-order chi connectivity index (χ0) is 19.3. The normalized spacial score (nSPS) is 11.9. The highest BCUT2D eigenvalue weighted by Crippen LogP contribution is 2.30. The molecule has 0 heterocycles. The van der Waals surface area contributed by atoms with Crippen LogP contribution in [0.3, 0.4) is 0 Å². The Hall–Kier alpha value is -2.34. The molecule has 2 aromatic carbocycles. The quantitative estimate of drug-likeness (QED) is 0.358. The van der Waals surface area contributed by atoms with Crippen molar-refractivity contribution in [1.82, 2.24) is 0 Å². The van der Waals surface area contributed by atoms with Crippen molar-refractivity contribution in [3.05, 3.63) is 52.8 Å². The molecule has 0 aromatic heterocycles. The molecule has 0 aliphatic rings. The van der Waals surface area contributed by atoms with E-state index in [9.17, 15) is 14.3 Å². The van der Waals surface area contributed by atoms with Crippen LogP contribution in [0.1, 0.15) is 54.3 Å². The average Bonchev–Trinajstić information content (AvgIpc) is 2.60. The largest absolute Gasteiger partial charge is 0.493 e. The summed E-state index contributed by atoms with van der Waals surface area (Å²) in [6, 6.07) is 8.47. The number of esters is 1. The number of carbonyl (C=O) groups is 1. The maximum absolute atomic E-state index is 14.7. The lowest BCUT2D eigenvalue weighted by Crippen LogP contribution is -2.26. The molecule has 0 bridgehead atoms. The van der Waals surface area contributed by atoms with E-state index in [1.807, 2.05) is 6.92 Å². The second kappa shape index (κ2) is 8.85. The number of aliphatic hydroxyl groups excluding tert-OH is 1. The number of hydrogen-bond acceptors (Lipinski definition) is 4. The standard InChI is InChI=1S/C20H22BFO4/c1-4-5-11-25-19-15(20(24)26-14-9-7-6-8-10-14)12(2)18(22)16(13(3)23)17(19)21/h6-10,13,23H,4-5,11H2,1-3H3. The number of para-hydroxylation sites is 1. The van der Waals surface area contributed by atoms with Crippen LogP contribution in [0.25, 0.3) is 0 Å². The number of rotatable bonds is 7. The number of halogens is 1. The fraction of sp³-hybridized carbons (Fsp3) is 0.350. The van der Waals surface area contributed by atoms with Gasteiger partial charge in [-0.3, -0.25) is 0 Å². The van der Waals surface area contributed by atoms with Crippen molar-refractivity contribution in [2.24, 2.45) is 0 Å². The fourth-order valence-corrected chi connectivity index (χ4v) is 2.63. The lowest BCUT2D eigenvalue weighted by atomic mass is 9.83. The van der Waals surface area contributed by atoms with Crippen molar-refractivity contribution >= 4 is 19.3 Å². The van der Waals surface area contributed by atoms with Crippen molar-refractivity contribution in [3.8, 4) is 11.5 Å². The van der Waals surface area contributed by atoms with Crippen molar-refractivity contribution < 1.29 is 23.8 Å². The summed E-state index contributed by atoms with van der Waals surface area (Å²) in [5, 5.41) is 9.88. The summed E-state index contributed by atoms with van der Waals surface area (Å²) in [5.74, 6) is -1.12. The van der Waals surface area contributed by atoms with Gasteiger partial charge in [0.05, 0.1) is 12.7 Å². The highest BCUT2D eigenvalue weighted by atomic mass is 19.1. The minimum atomic E-state index is -1.14. The molecule has 0 aliphatic heterocycles. The molecule has 4 nitrogen and oxygen atoms in total. The summed E-state index contributed by atoms with van der Waals surface area (Å²) in [6.45, 7) is 5.16. The van der Waals surface area contributed by atoms with E-state index in [2.05, 4.69) is 0 Å². The third-order valence-corrected chi connectivity index (χ3v) is 4.02.